The van der Waals surface area contributed by atoms with Crippen LogP contribution in [0.2, 0.25) is 0 Å². The van der Waals surface area contributed by atoms with E-state index in [4.69, 9.17) is 0 Å². The minimum Gasteiger partial charge on any atom is -0.356 e. The van der Waals surface area contributed by atoms with Crippen molar-refractivity contribution in [3.8, 4) is 0 Å². The zero-order chi connectivity index (χ0) is 19.9. The first-order valence-corrected chi connectivity index (χ1v) is 11.5. The zero-order valence-electron chi connectivity index (χ0n) is 15.6. The van der Waals surface area contributed by atoms with Gasteiger partial charge in [-0.25, -0.2) is 8.42 Å². The smallest absolute Gasteiger partial charge is 0.232 e. The highest BCUT2D eigenvalue weighted by Gasteiger charge is 2.17. The van der Waals surface area contributed by atoms with Crippen LogP contribution in [0, 0.1) is 0 Å². The average Bonchev–Trinajstić information content (AvgIpc) is 2.64. The number of anilines is 1. The maximum absolute atomic E-state index is 12.1. The van der Waals surface area contributed by atoms with Crippen molar-refractivity contribution >= 4 is 37.5 Å². The van der Waals surface area contributed by atoms with Crippen molar-refractivity contribution in [2.24, 2.45) is 0 Å². The summed E-state index contributed by atoms with van der Waals surface area (Å²) in [7, 11) is -3.40. The van der Waals surface area contributed by atoms with Crippen molar-refractivity contribution < 1.29 is 13.2 Å². The predicted octanol–water partition coefficient (Wildman–Crippen LogP) is 3.92. The first-order chi connectivity index (χ1) is 12.8. The van der Waals surface area contributed by atoms with Crippen molar-refractivity contribution in [3.63, 3.8) is 0 Å². The summed E-state index contributed by atoms with van der Waals surface area (Å²) >= 11 is 3.34. The molecule has 0 bridgehead atoms. The normalized spacial score (nSPS) is 12.4. The van der Waals surface area contributed by atoms with Crippen LogP contribution < -0.4 is 9.62 Å². The molecule has 0 aliphatic carbocycles. The molecule has 0 fully saturated rings. The minimum atomic E-state index is -3.40. The Labute approximate surface area is 170 Å². The molecule has 1 N–H and O–H groups in total. The molecule has 0 aliphatic heterocycles. The second kappa shape index (κ2) is 9.90. The number of rotatable bonds is 9. The van der Waals surface area contributed by atoms with Crippen LogP contribution in [0.5, 0.6) is 0 Å². The van der Waals surface area contributed by atoms with Gasteiger partial charge >= 0.3 is 0 Å². The molecular weight excluding hydrogens is 428 g/mol. The van der Waals surface area contributed by atoms with E-state index >= 15 is 0 Å². The number of benzene rings is 2. The third-order valence-electron chi connectivity index (χ3n) is 4.25. The maximum atomic E-state index is 12.1. The van der Waals surface area contributed by atoms with E-state index in [1.807, 2.05) is 30.3 Å². The SMILES string of the molecule is CC(CNC(=O)CCCN(c1ccc(Br)cc1)S(C)(=O)=O)c1ccccc1. The lowest BCUT2D eigenvalue weighted by Gasteiger charge is -2.22. The van der Waals surface area contributed by atoms with Crippen LogP contribution in [-0.4, -0.2) is 33.7 Å². The van der Waals surface area contributed by atoms with Gasteiger partial charge in [0, 0.05) is 24.0 Å². The van der Waals surface area contributed by atoms with E-state index in [-0.39, 0.29) is 24.8 Å². The summed E-state index contributed by atoms with van der Waals surface area (Å²) in [5.74, 6) is 0.160. The van der Waals surface area contributed by atoms with Crippen molar-refractivity contribution in [1.29, 1.82) is 0 Å². The van der Waals surface area contributed by atoms with Gasteiger partial charge < -0.3 is 5.32 Å². The number of carbonyl (C=O) groups excluding carboxylic acids is 1. The van der Waals surface area contributed by atoms with Gasteiger partial charge in [0.2, 0.25) is 15.9 Å². The summed E-state index contributed by atoms with van der Waals surface area (Å²) in [6, 6.07) is 17.1. The zero-order valence-corrected chi connectivity index (χ0v) is 18.0. The molecule has 0 heterocycles. The fraction of sp³-hybridized carbons (Fsp3) is 0.350. The van der Waals surface area contributed by atoms with Crippen molar-refractivity contribution in [3.05, 3.63) is 64.6 Å². The third-order valence-corrected chi connectivity index (χ3v) is 5.98. The molecule has 1 unspecified atom stereocenters. The molecule has 1 amide bonds. The Morgan fingerprint density at radius 2 is 1.74 bits per heavy atom. The Balaban J connectivity index is 1.83. The highest BCUT2D eigenvalue weighted by atomic mass is 79.9. The number of carbonyl (C=O) groups is 1. The molecule has 0 aromatic heterocycles. The van der Waals surface area contributed by atoms with Gasteiger partial charge in [-0.15, -0.1) is 0 Å². The van der Waals surface area contributed by atoms with Crippen LogP contribution in [0.1, 0.15) is 31.2 Å². The topological polar surface area (TPSA) is 66.5 Å². The number of amides is 1. The summed E-state index contributed by atoms with van der Waals surface area (Å²) in [6.45, 7) is 2.89. The number of nitrogens with zero attached hydrogens (tertiary/aromatic N) is 1. The predicted molar refractivity (Wildman–Crippen MR) is 113 cm³/mol. The standard InChI is InChI=1S/C20H25BrN2O3S/c1-16(17-7-4-3-5-8-17)15-22-20(24)9-6-14-23(27(2,25)26)19-12-10-18(21)11-13-19/h3-5,7-8,10-13,16H,6,9,14-15H2,1-2H3,(H,22,24). The fourth-order valence-corrected chi connectivity index (χ4v) is 3.96. The lowest BCUT2D eigenvalue weighted by molar-refractivity contribution is -0.121. The van der Waals surface area contributed by atoms with Crippen LogP contribution in [-0.2, 0) is 14.8 Å². The van der Waals surface area contributed by atoms with E-state index < -0.39 is 10.0 Å². The molecule has 0 aliphatic rings. The summed E-state index contributed by atoms with van der Waals surface area (Å²) in [6.07, 6.45) is 1.91. The number of halogens is 1. The highest BCUT2D eigenvalue weighted by Crippen LogP contribution is 2.21. The second-order valence-electron chi connectivity index (χ2n) is 6.53. The van der Waals surface area contributed by atoms with Crippen LogP contribution >= 0.6 is 15.9 Å². The Morgan fingerprint density at radius 1 is 1.11 bits per heavy atom. The monoisotopic (exact) mass is 452 g/mol. The summed E-state index contributed by atoms with van der Waals surface area (Å²) < 4.78 is 26.4. The van der Waals surface area contributed by atoms with Crippen LogP contribution in [0.15, 0.2) is 59.1 Å². The minimum absolute atomic E-state index is 0.0676. The first kappa shape index (κ1) is 21.4. The van der Waals surface area contributed by atoms with E-state index in [2.05, 4.69) is 28.2 Å². The second-order valence-corrected chi connectivity index (χ2v) is 9.35. The molecule has 27 heavy (non-hydrogen) atoms. The Morgan fingerprint density at radius 3 is 2.33 bits per heavy atom. The van der Waals surface area contributed by atoms with Crippen LogP contribution in [0.25, 0.3) is 0 Å². The van der Waals surface area contributed by atoms with Gasteiger partial charge in [0.1, 0.15) is 0 Å². The van der Waals surface area contributed by atoms with Crippen molar-refractivity contribution in [2.45, 2.75) is 25.7 Å². The molecule has 0 saturated carbocycles. The first-order valence-electron chi connectivity index (χ1n) is 8.82. The quantitative estimate of drug-likeness (QED) is 0.626. The fourth-order valence-electron chi connectivity index (χ4n) is 2.73. The van der Waals surface area contributed by atoms with Crippen molar-refractivity contribution in [2.75, 3.05) is 23.7 Å². The van der Waals surface area contributed by atoms with Gasteiger partial charge in [-0.2, -0.15) is 0 Å². The lowest BCUT2D eigenvalue weighted by Crippen LogP contribution is -2.32. The van der Waals surface area contributed by atoms with Crippen LogP contribution in [0.4, 0.5) is 5.69 Å². The highest BCUT2D eigenvalue weighted by molar-refractivity contribution is 9.10. The molecule has 2 aromatic rings. The summed E-state index contributed by atoms with van der Waals surface area (Å²) in [4.78, 5) is 12.1. The van der Waals surface area contributed by atoms with E-state index in [9.17, 15) is 13.2 Å². The number of nitrogens with one attached hydrogen (secondary N) is 1. The molecule has 5 nitrogen and oxygen atoms in total. The molecule has 2 aromatic carbocycles. The molecule has 0 spiro atoms. The van der Waals surface area contributed by atoms with Gasteiger partial charge in [-0.3, -0.25) is 9.10 Å². The lowest BCUT2D eigenvalue weighted by atomic mass is 10.0. The molecule has 1 atom stereocenters. The largest absolute Gasteiger partial charge is 0.356 e. The van der Waals surface area contributed by atoms with Crippen molar-refractivity contribution in [1.82, 2.24) is 5.32 Å². The number of sulfonamides is 1. The van der Waals surface area contributed by atoms with E-state index in [0.29, 0.717) is 18.7 Å². The molecule has 0 radical (unpaired) electrons. The van der Waals surface area contributed by atoms with E-state index in [1.54, 1.807) is 24.3 Å². The van der Waals surface area contributed by atoms with Gasteiger partial charge in [0.05, 0.1) is 11.9 Å². The van der Waals surface area contributed by atoms with E-state index in [0.717, 1.165) is 4.47 Å². The average molecular weight is 453 g/mol. The summed E-state index contributed by atoms with van der Waals surface area (Å²) in [5.41, 5.74) is 1.77. The van der Waals surface area contributed by atoms with Gasteiger partial charge in [0.15, 0.2) is 0 Å². The maximum Gasteiger partial charge on any atom is 0.232 e. The Bertz CT molecular complexity index is 839. The number of hydrogen-bond acceptors (Lipinski definition) is 3. The Kier molecular flexibility index (Phi) is 7.86. The molecule has 0 saturated heterocycles. The summed E-state index contributed by atoms with van der Waals surface area (Å²) in [5, 5.41) is 2.93. The molecule has 7 heteroatoms. The molecule has 146 valence electrons. The third kappa shape index (κ3) is 6.99. The van der Waals surface area contributed by atoms with Gasteiger partial charge in [0.25, 0.3) is 0 Å². The molecular formula is C20H25BrN2O3S. The van der Waals surface area contributed by atoms with E-state index in [1.165, 1.54) is 16.1 Å². The van der Waals surface area contributed by atoms with Gasteiger partial charge in [-0.05, 0) is 42.2 Å². The van der Waals surface area contributed by atoms with Crippen LogP contribution in [0.3, 0.4) is 0 Å². The van der Waals surface area contributed by atoms with Gasteiger partial charge in [-0.1, -0.05) is 53.2 Å². The molecule has 2 rings (SSSR count). The number of hydrogen-bond donors (Lipinski definition) is 1. The Hall–Kier alpha value is -1.86.